The zero-order chi connectivity index (χ0) is 13.8. The number of anilines is 1. The van der Waals surface area contributed by atoms with Crippen LogP contribution in [-0.2, 0) is 13.1 Å². The molecule has 0 radical (unpaired) electrons. The molecule has 1 aromatic heterocycles. The van der Waals surface area contributed by atoms with Gasteiger partial charge in [0.05, 0.1) is 0 Å². The molecular formula is C16H21N3. The lowest BCUT2D eigenvalue weighted by Crippen LogP contribution is -2.19. The van der Waals surface area contributed by atoms with Crippen molar-refractivity contribution >= 4 is 5.82 Å². The maximum absolute atomic E-state index is 5.63. The third-order valence-electron chi connectivity index (χ3n) is 3.37. The van der Waals surface area contributed by atoms with Gasteiger partial charge in [0.15, 0.2) is 0 Å². The quantitative estimate of drug-likeness (QED) is 0.913. The van der Waals surface area contributed by atoms with Gasteiger partial charge < -0.3 is 10.6 Å². The Morgan fingerprint density at radius 1 is 1.16 bits per heavy atom. The number of rotatable bonds is 4. The van der Waals surface area contributed by atoms with Crippen molar-refractivity contribution in [3.63, 3.8) is 0 Å². The summed E-state index contributed by atoms with van der Waals surface area (Å²) in [5.41, 5.74) is 10.5. The molecule has 1 aromatic carbocycles. The first-order valence-corrected chi connectivity index (χ1v) is 6.53. The summed E-state index contributed by atoms with van der Waals surface area (Å²) in [4.78, 5) is 6.70. The van der Waals surface area contributed by atoms with Crippen LogP contribution in [0.5, 0.6) is 0 Å². The number of nitrogens with two attached hydrogens (primary N) is 1. The van der Waals surface area contributed by atoms with Crippen molar-refractivity contribution in [1.29, 1.82) is 0 Å². The Bertz CT molecular complexity index is 564. The van der Waals surface area contributed by atoms with Crippen molar-refractivity contribution in [2.45, 2.75) is 26.9 Å². The summed E-state index contributed by atoms with van der Waals surface area (Å²) < 4.78 is 0. The molecule has 100 valence electrons. The summed E-state index contributed by atoms with van der Waals surface area (Å²) in [7, 11) is 2.07. The molecule has 0 atom stereocenters. The van der Waals surface area contributed by atoms with Gasteiger partial charge in [-0.05, 0) is 42.2 Å². The monoisotopic (exact) mass is 255 g/mol. The van der Waals surface area contributed by atoms with E-state index in [1.807, 2.05) is 6.20 Å². The number of hydrogen-bond donors (Lipinski definition) is 1. The Kier molecular flexibility index (Phi) is 4.17. The Hall–Kier alpha value is -1.87. The van der Waals surface area contributed by atoms with E-state index in [1.165, 1.54) is 16.7 Å². The van der Waals surface area contributed by atoms with Crippen LogP contribution in [0.25, 0.3) is 0 Å². The molecular weight excluding hydrogens is 234 g/mol. The van der Waals surface area contributed by atoms with Gasteiger partial charge in [-0.3, -0.25) is 0 Å². The van der Waals surface area contributed by atoms with E-state index in [0.29, 0.717) is 6.54 Å². The second-order valence-corrected chi connectivity index (χ2v) is 4.97. The number of nitrogens with zero attached hydrogens (tertiary/aromatic N) is 2. The van der Waals surface area contributed by atoms with Crippen molar-refractivity contribution in [1.82, 2.24) is 4.98 Å². The molecule has 2 aromatic rings. The van der Waals surface area contributed by atoms with Crippen LogP contribution in [0.3, 0.4) is 0 Å². The molecule has 0 saturated carbocycles. The minimum absolute atomic E-state index is 0.537. The predicted octanol–water partition coefficient (Wildman–Crippen LogP) is 2.79. The number of pyridine rings is 1. The largest absolute Gasteiger partial charge is 0.355 e. The molecule has 3 heteroatoms. The summed E-state index contributed by atoms with van der Waals surface area (Å²) in [6, 6.07) is 10.6. The van der Waals surface area contributed by atoms with Gasteiger partial charge in [0.25, 0.3) is 0 Å². The molecule has 0 amide bonds. The lowest BCUT2D eigenvalue weighted by molar-refractivity contribution is 0.879. The Labute approximate surface area is 115 Å². The molecule has 2 rings (SSSR count). The van der Waals surface area contributed by atoms with Crippen LogP contribution in [0.15, 0.2) is 36.5 Å². The lowest BCUT2D eigenvalue weighted by atomic mass is 10.1. The highest BCUT2D eigenvalue weighted by Crippen LogP contribution is 2.19. The van der Waals surface area contributed by atoms with Gasteiger partial charge in [-0.25, -0.2) is 4.98 Å². The summed E-state index contributed by atoms with van der Waals surface area (Å²) in [6.45, 7) is 5.62. The van der Waals surface area contributed by atoms with Crippen molar-refractivity contribution in [3.05, 3.63) is 58.8 Å². The number of aromatic nitrogens is 1. The standard InChI is InChI=1S/C16H21N3/c1-12-6-4-5-7-15(12)11-19(3)16-13(2)8-14(9-17)10-18-16/h4-8,10H,9,11,17H2,1-3H3. The Morgan fingerprint density at radius 2 is 1.89 bits per heavy atom. The van der Waals surface area contributed by atoms with Crippen LogP contribution < -0.4 is 10.6 Å². The van der Waals surface area contributed by atoms with Gasteiger partial charge in [0.2, 0.25) is 0 Å². The Balaban J connectivity index is 2.21. The highest BCUT2D eigenvalue weighted by Gasteiger charge is 2.08. The molecule has 0 aliphatic heterocycles. The highest BCUT2D eigenvalue weighted by molar-refractivity contribution is 5.47. The van der Waals surface area contributed by atoms with Crippen LogP contribution in [-0.4, -0.2) is 12.0 Å². The average Bonchev–Trinajstić information content (AvgIpc) is 2.41. The third kappa shape index (κ3) is 3.12. The van der Waals surface area contributed by atoms with E-state index >= 15 is 0 Å². The van der Waals surface area contributed by atoms with Crippen LogP contribution in [0.1, 0.15) is 22.3 Å². The third-order valence-corrected chi connectivity index (χ3v) is 3.37. The van der Waals surface area contributed by atoms with Gasteiger partial charge in [-0.1, -0.05) is 24.3 Å². The second-order valence-electron chi connectivity index (χ2n) is 4.97. The van der Waals surface area contributed by atoms with Gasteiger partial charge in [0.1, 0.15) is 5.82 Å². The van der Waals surface area contributed by atoms with Crippen LogP contribution in [0.4, 0.5) is 5.82 Å². The van der Waals surface area contributed by atoms with Crippen molar-refractivity contribution in [3.8, 4) is 0 Å². The zero-order valence-electron chi connectivity index (χ0n) is 11.9. The molecule has 0 aliphatic carbocycles. The van der Waals surface area contributed by atoms with Crippen molar-refractivity contribution < 1.29 is 0 Å². The molecule has 0 unspecified atom stereocenters. The minimum atomic E-state index is 0.537. The molecule has 19 heavy (non-hydrogen) atoms. The maximum atomic E-state index is 5.63. The van der Waals surface area contributed by atoms with Crippen LogP contribution in [0.2, 0.25) is 0 Å². The first-order valence-electron chi connectivity index (χ1n) is 6.53. The van der Waals surface area contributed by atoms with Gasteiger partial charge >= 0.3 is 0 Å². The fraction of sp³-hybridized carbons (Fsp3) is 0.312. The number of hydrogen-bond acceptors (Lipinski definition) is 3. The minimum Gasteiger partial charge on any atom is -0.355 e. The summed E-state index contributed by atoms with van der Waals surface area (Å²) >= 11 is 0. The molecule has 0 saturated heterocycles. The molecule has 0 bridgehead atoms. The highest BCUT2D eigenvalue weighted by atomic mass is 15.2. The van der Waals surface area contributed by atoms with E-state index < -0.39 is 0 Å². The zero-order valence-corrected chi connectivity index (χ0v) is 11.9. The van der Waals surface area contributed by atoms with Gasteiger partial charge in [-0.2, -0.15) is 0 Å². The average molecular weight is 255 g/mol. The van der Waals surface area contributed by atoms with E-state index in [-0.39, 0.29) is 0 Å². The normalized spacial score (nSPS) is 10.5. The maximum Gasteiger partial charge on any atom is 0.131 e. The van der Waals surface area contributed by atoms with E-state index in [2.05, 4.69) is 61.1 Å². The van der Waals surface area contributed by atoms with Crippen molar-refractivity contribution in [2.24, 2.45) is 5.73 Å². The molecule has 2 N–H and O–H groups in total. The molecule has 3 nitrogen and oxygen atoms in total. The molecule has 0 fully saturated rings. The summed E-state index contributed by atoms with van der Waals surface area (Å²) in [6.07, 6.45) is 1.86. The molecule has 0 spiro atoms. The van der Waals surface area contributed by atoms with E-state index in [0.717, 1.165) is 17.9 Å². The van der Waals surface area contributed by atoms with Gasteiger partial charge in [0, 0.05) is 26.3 Å². The summed E-state index contributed by atoms with van der Waals surface area (Å²) in [5.74, 6) is 1.01. The molecule has 0 aliphatic rings. The first kappa shape index (κ1) is 13.6. The fourth-order valence-corrected chi connectivity index (χ4v) is 2.25. The van der Waals surface area contributed by atoms with Gasteiger partial charge in [-0.15, -0.1) is 0 Å². The SMILES string of the molecule is Cc1ccccc1CN(C)c1ncc(CN)cc1C. The van der Waals surface area contributed by atoms with E-state index in [9.17, 15) is 0 Å². The second kappa shape index (κ2) is 5.85. The first-order chi connectivity index (χ1) is 9.11. The smallest absolute Gasteiger partial charge is 0.131 e. The van der Waals surface area contributed by atoms with Crippen molar-refractivity contribution in [2.75, 3.05) is 11.9 Å². The van der Waals surface area contributed by atoms with E-state index in [1.54, 1.807) is 0 Å². The predicted molar refractivity (Wildman–Crippen MR) is 80.2 cm³/mol. The lowest BCUT2D eigenvalue weighted by Gasteiger charge is -2.21. The van der Waals surface area contributed by atoms with E-state index in [4.69, 9.17) is 5.73 Å². The summed E-state index contributed by atoms with van der Waals surface area (Å²) in [5, 5.41) is 0. The topological polar surface area (TPSA) is 42.2 Å². The number of benzene rings is 1. The molecule has 1 heterocycles. The fourth-order valence-electron chi connectivity index (χ4n) is 2.25. The van der Waals surface area contributed by atoms with Crippen LogP contribution >= 0.6 is 0 Å². The van der Waals surface area contributed by atoms with Crippen LogP contribution in [0, 0.1) is 13.8 Å². The Morgan fingerprint density at radius 3 is 2.53 bits per heavy atom. The number of aryl methyl sites for hydroxylation is 2.